The van der Waals surface area contributed by atoms with Crippen molar-refractivity contribution in [2.75, 3.05) is 11.9 Å². The minimum absolute atomic E-state index is 0.841. The molecule has 2 heterocycles. The number of rotatable bonds is 5. The van der Waals surface area contributed by atoms with Gasteiger partial charge >= 0.3 is 0 Å². The van der Waals surface area contributed by atoms with Crippen LogP contribution in [0.15, 0.2) is 35.2 Å². The Balaban J connectivity index is 1.72. The van der Waals surface area contributed by atoms with E-state index in [0.29, 0.717) is 0 Å². The summed E-state index contributed by atoms with van der Waals surface area (Å²) < 4.78 is 2.66. The van der Waals surface area contributed by atoms with Crippen LogP contribution in [0.25, 0.3) is 0 Å². The average molecular weight is 282 g/mol. The molecule has 5 nitrogen and oxygen atoms in total. The van der Waals surface area contributed by atoms with Crippen LogP contribution in [0.5, 0.6) is 0 Å². The molecule has 0 saturated carbocycles. The summed E-state index contributed by atoms with van der Waals surface area (Å²) >= 11 is 3.33. The van der Waals surface area contributed by atoms with Crippen LogP contribution in [-0.4, -0.2) is 26.5 Å². The summed E-state index contributed by atoms with van der Waals surface area (Å²) in [6, 6.07) is 5.80. The predicted molar refractivity (Wildman–Crippen MR) is 65.1 cm³/mol. The van der Waals surface area contributed by atoms with Crippen LogP contribution in [0.4, 0.5) is 5.82 Å². The number of halogens is 1. The van der Waals surface area contributed by atoms with Gasteiger partial charge in [-0.1, -0.05) is 11.3 Å². The number of pyridine rings is 1. The van der Waals surface area contributed by atoms with E-state index in [4.69, 9.17) is 0 Å². The fraction of sp³-hybridized carbons (Fsp3) is 0.300. The number of hydrogen-bond donors (Lipinski definition) is 1. The second-order valence-corrected chi connectivity index (χ2v) is 4.10. The first kappa shape index (κ1) is 11.1. The zero-order valence-electron chi connectivity index (χ0n) is 8.67. The molecule has 0 fully saturated rings. The normalized spacial score (nSPS) is 10.3. The van der Waals surface area contributed by atoms with Crippen molar-refractivity contribution in [2.45, 2.75) is 13.0 Å². The number of nitrogens with zero attached hydrogens (tertiary/aromatic N) is 4. The molecule has 2 rings (SSSR count). The van der Waals surface area contributed by atoms with Crippen LogP contribution in [-0.2, 0) is 6.54 Å². The van der Waals surface area contributed by atoms with Gasteiger partial charge in [-0.15, -0.1) is 5.10 Å². The fourth-order valence-corrected chi connectivity index (χ4v) is 1.66. The van der Waals surface area contributed by atoms with Gasteiger partial charge in [-0.3, -0.25) is 4.68 Å². The summed E-state index contributed by atoms with van der Waals surface area (Å²) in [5.41, 5.74) is 0. The van der Waals surface area contributed by atoms with Crippen molar-refractivity contribution >= 4 is 21.7 Å². The van der Waals surface area contributed by atoms with Gasteiger partial charge in [0.05, 0.1) is 6.20 Å². The van der Waals surface area contributed by atoms with Crippen molar-refractivity contribution in [2.24, 2.45) is 0 Å². The Morgan fingerprint density at radius 1 is 1.38 bits per heavy atom. The maximum atomic E-state index is 4.28. The van der Waals surface area contributed by atoms with E-state index in [1.54, 1.807) is 6.20 Å². The van der Waals surface area contributed by atoms with Crippen molar-refractivity contribution in [1.29, 1.82) is 0 Å². The van der Waals surface area contributed by atoms with E-state index in [-0.39, 0.29) is 0 Å². The first-order valence-corrected chi connectivity index (χ1v) is 5.84. The molecule has 0 aliphatic heterocycles. The lowest BCUT2D eigenvalue weighted by Gasteiger charge is -2.05. The highest BCUT2D eigenvalue weighted by atomic mass is 79.9. The van der Waals surface area contributed by atoms with Gasteiger partial charge in [0, 0.05) is 19.3 Å². The molecule has 84 valence electrons. The number of nitrogens with one attached hydrogen (secondary N) is 1. The van der Waals surface area contributed by atoms with E-state index in [1.165, 1.54) is 0 Å². The molecule has 0 aromatic carbocycles. The van der Waals surface area contributed by atoms with E-state index in [0.717, 1.165) is 29.9 Å². The molecule has 0 bridgehead atoms. The van der Waals surface area contributed by atoms with E-state index in [1.807, 2.05) is 29.1 Å². The Labute approximate surface area is 102 Å². The minimum atomic E-state index is 0.841. The molecule has 0 spiro atoms. The molecule has 2 aromatic rings. The summed E-state index contributed by atoms with van der Waals surface area (Å²) in [6.45, 7) is 1.73. The molecule has 16 heavy (non-hydrogen) atoms. The van der Waals surface area contributed by atoms with Crippen LogP contribution in [0.2, 0.25) is 0 Å². The lowest BCUT2D eigenvalue weighted by atomic mass is 10.4. The largest absolute Gasteiger partial charge is 0.370 e. The third-order valence-electron chi connectivity index (χ3n) is 2.06. The summed E-state index contributed by atoms with van der Waals surface area (Å²) in [5, 5.41) is 10.9. The Morgan fingerprint density at radius 2 is 2.31 bits per heavy atom. The van der Waals surface area contributed by atoms with Crippen molar-refractivity contribution in [3.63, 3.8) is 0 Å². The summed E-state index contributed by atoms with van der Waals surface area (Å²) in [6.07, 6.45) is 4.53. The van der Waals surface area contributed by atoms with Crippen LogP contribution in [0.1, 0.15) is 6.42 Å². The molecular weight excluding hydrogens is 270 g/mol. The molecule has 0 amide bonds. The Morgan fingerprint density at radius 3 is 3.06 bits per heavy atom. The first-order valence-electron chi connectivity index (χ1n) is 5.05. The predicted octanol–water partition coefficient (Wildman–Crippen LogP) is 1.94. The summed E-state index contributed by atoms with van der Waals surface area (Å²) in [7, 11) is 0. The number of aryl methyl sites for hydroxylation is 1. The second kappa shape index (κ2) is 5.60. The van der Waals surface area contributed by atoms with Gasteiger partial charge in [0.1, 0.15) is 10.4 Å². The summed E-state index contributed by atoms with van der Waals surface area (Å²) in [4.78, 5) is 4.28. The SMILES string of the molecule is Brc1cccc(NCCCn2ccnn2)n1. The molecule has 0 aliphatic rings. The van der Waals surface area contributed by atoms with Crippen molar-refractivity contribution in [3.8, 4) is 0 Å². The van der Waals surface area contributed by atoms with Crippen molar-refractivity contribution < 1.29 is 0 Å². The quantitative estimate of drug-likeness (QED) is 0.672. The highest BCUT2D eigenvalue weighted by molar-refractivity contribution is 9.10. The molecular formula is C10H12BrN5. The van der Waals surface area contributed by atoms with E-state index in [2.05, 4.69) is 36.5 Å². The molecule has 0 saturated heterocycles. The average Bonchev–Trinajstić information content (AvgIpc) is 2.77. The van der Waals surface area contributed by atoms with Gasteiger partial charge in [-0.05, 0) is 34.5 Å². The molecule has 2 aromatic heterocycles. The minimum Gasteiger partial charge on any atom is -0.370 e. The van der Waals surface area contributed by atoms with Gasteiger partial charge < -0.3 is 5.32 Å². The highest BCUT2D eigenvalue weighted by Crippen LogP contribution is 2.09. The van der Waals surface area contributed by atoms with Crippen LogP contribution in [0.3, 0.4) is 0 Å². The number of hydrogen-bond acceptors (Lipinski definition) is 4. The van der Waals surface area contributed by atoms with Gasteiger partial charge in [0.25, 0.3) is 0 Å². The van der Waals surface area contributed by atoms with Crippen LogP contribution < -0.4 is 5.32 Å². The molecule has 0 atom stereocenters. The Bertz CT molecular complexity index is 429. The lowest BCUT2D eigenvalue weighted by Crippen LogP contribution is -2.08. The first-order chi connectivity index (χ1) is 7.84. The Kier molecular flexibility index (Phi) is 3.87. The van der Waals surface area contributed by atoms with Gasteiger partial charge in [0.15, 0.2) is 0 Å². The molecule has 1 N–H and O–H groups in total. The van der Waals surface area contributed by atoms with Crippen LogP contribution >= 0.6 is 15.9 Å². The van der Waals surface area contributed by atoms with E-state index in [9.17, 15) is 0 Å². The topological polar surface area (TPSA) is 55.6 Å². The van der Waals surface area contributed by atoms with Crippen LogP contribution in [0, 0.1) is 0 Å². The van der Waals surface area contributed by atoms with Gasteiger partial charge in [0.2, 0.25) is 0 Å². The molecule has 6 heteroatoms. The monoisotopic (exact) mass is 281 g/mol. The third-order valence-corrected chi connectivity index (χ3v) is 2.50. The van der Waals surface area contributed by atoms with Crippen molar-refractivity contribution in [3.05, 3.63) is 35.2 Å². The smallest absolute Gasteiger partial charge is 0.127 e. The lowest BCUT2D eigenvalue weighted by molar-refractivity contribution is 0.569. The molecule has 0 unspecified atom stereocenters. The maximum absolute atomic E-state index is 4.28. The summed E-state index contributed by atoms with van der Waals surface area (Å²) in [5.74, 6) is 0.882. The van der Waals surface area contributed by atoms with Crippen molar-refractivity contribution in [1.82, 2.24) is 20.0 Å². The second-order valence-electron chi connectivity index (χ2n) is 3.29. The Hall–Kier alpha value is -1.43. The zero-order chi connectivity index (χ0) is 11.2. The maximum Gasteiger partial charge on any atom is 0.127 e. The number of aromatic nitrogens is 4. The molecule has 0 radical (unpaired) electrons. The standard InChI is InChI=1S/C10H12BrN5/c11-9-3-1-4-10(14-9)12-5-2-7-16-8-6-13-15-16/h1,3-4,6,8H,2,5,7H2,(H,12,14). The zero-order valence-corrected chi connectivity index (χ0v) is 10.3. The third kappa shape index (κ3) is 3.30. The fourth-order valence-electron chi connectivity index (χ4n) is 1.32. The molecule has 0 aliphatic carbocycles. The number of anilines is 1. The van der Waals surface area contributed by atoms with E-state index < -0.39 is 0 Å². The van der Waals surface area contributed by atoms with Gasteiger partial charge in [-0.25, -0.2) is 4.98 Å². The van der Waals surface area contributed by atoms with Gasteiger partial charge in [-0.2, -0.15) is 0 Å². The van der Waals surface area contributed by atoms with E-state index >= 15 is 0 Å². The highest BCUT2D eigenvalue weighted by Gasteiger charge is 1.95.